The first-order valence-electron chi connectivity index (χ1n) is 13.0. The Hall–Kier alpha value is -6.15. The highest BCUT2D eigenvalue weighted by molar-refractivity contribution is 7.00. The summed E-state index contributed by atoms with van der Waals surface area (Å²) in [7, 11) is 0. The van der Waals surface area contributed by atoms with Crippen LogP contribution in [-0.4, -0.2) is 13.7 Å². The molecular formula is C34H13F3N6S. The maximum atomic E-state index is 15.4. The Bertz CT molecular complexity index is 2430. The molecule has 44 heavy (non-hydrogen) atoms. The van der Waals surface area contributed by atoms with Crippen molar-refractivity contribution in [1.82, 2.24) is 13.7 Å². The molecule has 0 bridgehead atoms. The van der Waals surface area contributed by atoms with Gasteiger partial charge in [0.2, 0.25) is 0 Å². The molecule has 0 aliphatic heterocycles. The van der Waals surface area contributed by atoms with Crippen molar-refractivity contribution in [2.75, 3.05) is 0 Å². The third kappa shape index (κ3) is 3.89. The monoisotopic (exact) mass is 594 g/mol. The number of pyridine rings is 1. The van der Waals surface area contributed by atoms with E-state index in [4.69, 9.17) is 11.6 Å². The zero-order chi connectivity index (χ0) is 30.5. The lowest BCUT2D eigenvalue weighted by Gasteiger charge is -2.15. The number of hydrogen-bond acceptors (Lipinski definition) is 6. The number of fused-ring (bicyclic) bond motifs is 5. The van der Waals surface area contributed by atoms with Crippen LogP contribution in [0.2, 0.25) is 0 Å². The number of rotatable bonds is 3. The summed E-state index contributed by atoms with van der Waals surface area (Å²) in [6.07, 6.45) is 0. The van der Waals surface area contributed by atoms with Gasteiger partial charge in [-0.3, -0.25) is 0 Å². The first-order chi connectivity index (χ1) is 21.5. The standard InChI is InChI=1S/C34H13F3N6S/c1-40-25-10-6-5-9-19(25)21-14-22-28(34-33(21)42-44-43-34)20-12-11-18(13-26(20)41-32(22)17-7-3-2-4-8-17)27-30(36)23(15-38)29(35)24(16-39)31(27)37/h2-14H. The minimum Gasteiger partial charge on any atom is -0.247 e. The molecule has 0 saturated heterocycles. The van der Waals surface area contributed by atoms with Crippen LogP contribution in [-0.2, 0) is 0 Å². The second-order valence-electron chi connectivity index (χ2n) is 9.79. The molecule has 2 aromatic heterocycles. The van der Waals surface area contributed by atoms with Gasteiger partial charge in [0.05, 0.1) is 35.1 Å². The Kier molecular flexibility index (Phi) is 6.25. The highest BCUT2D eigenvalue weighted by Gasteiger charge is 2.27. The SMILES string of the molecule is [C-]#[N+]c1ccccc1-c1cc2c(-c3ccccc3)nc3cc(-c4c(F)c(C#N)c(F)c(C#N)c4F)ccc3c2c2nsnc12. The predicted molar refractivity (Wildman–Crippen MR) is 162 cm³/mol. The summed E-state index contributed by atoms with van der Waals surface area (Å²) in [5.41, 5.74) is 1.86. The Morgan fingerprint density at radius 1 is 0.705 bits per heavy atom. The van der Waals surface area contributed by atoms with Crippen LogP contribution in [0.15, 0.2) is 78.9 Å². The molecule has 206 valence electrons. The first-order valence-corrected chi connectivity index (χ1v) is 13.8. The van der Waals surface area contributed by atoms with E-state index >= 15 is 8.78 Å². The zero-order valence-corrected chi connectivity index (χ0v) is 23.0. The van der Waals surface area contributed by atoms with Gasteiger partial charge in [0.15, 0.2) is 23.1 Å². The van der Waals surface area contributed by atoms with E-state index in [0.29, 0.717) is 49.8 Å². The van der Waals surface area contributed by atoms with Gasteiger partial charge in [0.1, 0.15) is 34.3 Å². The van der Waals surface area contributed by atoms with Crippen molar-refractivity contribution in [2.45, 2.75) is 0 Å². The van der Waals surface area contributed by atoms with E-state index in [9.17, 15) is 14.9 Å². The molecule has 0 spiro atoms. The highest BCUT2D eigenvalue weighted by Crippen LogP contribution is 2.44. The Labute approximate surface area is 251 Å². The second kappa shape index (κ2) is 10.3. The molecule has 7 aromatic rings. The summed E-state index contributed by atoms with van der Waals surface area (Å²) in [5.74, 6) is -4.35. The van der Waals surface area contributed by atoms with Crippen LogP contribution in [0.5, 0.6) is 0 Å². The van der Waals surface area contributed by atoms with E-state index in [1.165, 1.54) is 24.3 Å². The van der Waals surface area contributed by atoms with E-state index in [1.54, 1.807) is 18.2 Å². The zero-order valence-electron chi connectivity index (χ0n) is 22.2. The third-order valence-corrected chi connectivity index (χ3v) is 8.01. The van der Waals surface area contributed by atoms with E-state index in [2.05, 4.69) is 13.6 Å². The first kappa shape index (κ1) is 26.7. The topological polar surface area (TPSA) is 90.6 Å². The number of benzene rings is 5. The number of aromatic nitrogens is 3. The molecule has 6 nitrogen and oxygen atoms in total. The van der Waals surface area contributed by atoms with Crippen LogP contribution in [0.3, 0.4) is 0 Å². The average Bonchev–Trinajstić information content (AvgIpc) is 3.55. The van der Waals surface area contributed by atoms with Gasteiger partial charge in [-0.1, -0.05) is 66.7 Å². The van der Waals surface area contributed by atoms with Gasteiger partial charge >= 0.3 is 0 Å². The van der Waals surface area contributed by atoms with Crippen molar-refractivity contribution in [3.63, 3.8) is 0 Å². The van der Waals surface area contributed by atoms with Gasteiger partial charge in [-0.15, -0.1) is 0 Å². The van der Waals surface area contributed by atoms with Crippen LogP contribution in [0.1, 0.15) is 11.1 Å². The van der Waals surface area contributed by atoms with Crippen LogP contribution >= 0.6 is 11.7 Å². The van der Waals surface area contributed by atoms with E-state index < -0.39 is 34.1 Å². The number of nitriles is 2. The fourth-order valence-corrected chi connectivity index (χ4v) is 6.07. The van der Waals surface area contributed by atoms with Crippen molar-refractivity contribution < 1.29 is 13.2 Å². The van der Waals surface area contributed by atoms with Gasteiger partial charge in [-0.25, -0.2) is 23.0 Å². The van der Waals surface area contributed by atoms with Crippen LogP contribution < -0.4 is 0 Å². The van der Waals surface area contributed by atoms with E-state index in [1.807, 2.05) is 48.5 Å². The predicted octanol–water partition coefficient (Wildman–Crippen LogP) is 9.11. The molecular weight excluding hydrogens is 581 g/mol. The third-order valence-electron chi connectivity index (χ3n) is 7.48. The van der Waals surface area contributed by atoms with Gasteiger partial charge < -0.3 is 0 Å². The number of nitrogens with zero attached hydrogens (tertiary/aromatic N) is 6. The minimum absolute atomic E-state index is 0.0263. The lowest BCUT2D eigenvalue weighted by Crippen LogP contribution is -2.04. The lowest BCUT2D eigenvalue weighted by molar-refractivity contribution is 0.539. The molecule has 0 N–H and O–H groups in total. The Morgan fingerprint density at radius 3 is 2.09 bits per heavy atom. The molecule has 0 radical (unpaired) electrons. The highest BCUT2D eigenvalue weighted by atomic mass is 32.1. The smallest absolute Gasteiger partial charge is 0.194 e. The van der Waals surface area contributed by atoms with E-state index in [0.717, 1.165) is 22.7 Å². The van der Waals surface area contributed by atoms with Crippen molar-refractivity contribution in [1.29, 1.82) is 10.5 Å². The van der Waals surface area contributed by atoms with Crippen molar-refractivity contribution in [3.05, 3.63) is 119 Å². The van der Waals surface area contributed by atoms with Crippen LogP contribution in [0.25, 0.3) is 71.1 Å². The summed E-state index contributed by atoms with van der Waals surface area (Å²) in [6.45, 7) is 7.71. The van der Waals surface area contributed by atoms with Crippen LogP contribution in [0.4, 0.5) is 18.9 Å². The van der Waals surface area contributed by atoms with Gasteiger partial charge in [-0.05, 0) is 23.3 Å². The Morgan fingerprint density at radius 2 is 1.39 bits per heavy atom. The summed E-state index contributed by atoms with van der Waals surface area (Å²) in [5, 5.41) is 20.7. The fourth-order valence-electron chi connectivity index (χ4n) is 5.51. The summed E-state index contributed by atoms with van der Waals surface area (Å²) < 4.78 is 54.4. The molecule has 0 aliphatic carbocycles. The average molecular weight is 595 g/mol. The van der Waals surface area contributed by atoms with Crippen molar-refractivity contribution in [2.24, 2.45) is 0 Å². The maximum Gasteiger partial charge on any atom is 0.194 e. The molecule has 0 aliphatic rings. The molecule has 10 heteroatoms. The van der Waals surface area contributed by atoms with Crippen LogP contribution in [0, 0.1) is 46.7 Å². The molecule has 2 heterocycles. The van der Waals surface area contributed by atoms with Crippen molar-refractivity contribution in [3.8, 4) is 45.6 Å². The largest absolute Gasteiger partial charge is 0.247 e. The molecule has 7 rings (SSSR count). The molecule has 5 aromatic carbocycles. The quantitative estimate of drug-likeness (QED) is 0.150. The lowest BCUT2D eigenvalue weighted by atomic mass is 9.92. The van der Waals surface area contributed by atoms with Gasteiger partial charge in [0.25, 0.3) is 0 Å². The van der Waals surface area contributed by atoms with Gasteiger partial charge in [-0.2, -0.15) is 19.3 Å². The molecule has 0 atom stereocenters. The van der Waals surface area contributed by atoms with E-state index in [-0.39, 0.29) is 5.56 Å². The molecule has 0 unspecified atom stereocenters. The normalized spacial score (nSPS) is 11.0. The summed E-state index contributed by atoms with van der Waals surface area (Å²) in [4.78, 5) is 8.63. The van der Waals surface area contributed by atoms with Gasteiger partial charge in [0, 0.05) is 27.3 Å². The summed E-state index contributed by atoms with van der Waals surface area (Å²) in [6, 6.07) is 25.8. The van der Waals surface area contributed by atoms with Crippen molar-refractivity contribution >= 4 is 50.1 Å². The molecule has 0 fully saturated rings. The number of hydrogen-bond donors (Lipinski definition) is 0. The summed E-state index contributed by atoms with van der Waals surface area (Å²) >= 11 is 1.02. The number of para-hydroxylation sites is 1. The minimum atomic E-state index is -1.54. The molecule has 0 amide bonds. The number of halogens is 3. The molecule has 0 saturated carbocycles. The second-order valence-corrected chi connectivity index (χ2v) is 10.3. The maximum absolute atomic E-state index is 15.4. The Balaban J connectivity index is 1.61. The fraction of sp³-hybridized carbons (Fsp3) is 0.